The maximum Gasteiger partial charge on any atom is 0.127 e. The van der Waals surface area contributed by atoms with Crippen LogP contribution < -0.4 is 4.74 Å². The van der Waals surface area contributed by atoms with E-state index in [1.807, 2.05) is 0 Å². The predicted molar refractivity (Wildman–Crippen MR) is 120 cm³/mol. The molecular weight excluding hydrogens is 358 g/mol. The van der Waals surface area contributed by atoms with Crippen LogP contribution in [0.2, 0.25) is 0 Å². The van der Waals surface area contributed by atoms with Crippen molar-refractivity contribution in [1.82, 2.24) is 14.5 Å². The highest BCUT2D eigenvalue weighted by Gasteiger charge is 2.23. The van der Waals surface area contributed by atoms with Gasteiger partial charge < -0.3 is 9.30 Å². The second kappa shape index (κ2) is 9.00. The smallest absolute Gasteiger partial charge is 0.127 e. The van der Waals surface area contributed by atoms with Gasteiger partial charge in [-0.05, 0) is 70.0 Å². The Morgan fingerprint density at radius 1 is 0.931 bits per heavy atom. The topological polar surface area (TPSA) is 30.3 Å². The fourth-order valence-corrected chi connectivity index (χ4v) is 4.56. The zero-order chi connectivity index (χ0) is 20.2. The van der Waals surface area contributed by atoms with Crippen molar-refractivity contribution in [1.29, 1.82) is 0 Å². The summed E-state index contributed by atoms with van der Waals surface area (Å²) in [5.41, 5.74) is 4.67. The first-order valence-corrected chi connectivity index (χ1v) is 11.0. The van der Waals surface area contributed by atoms with Crippen LogP contribution in [0.3, 0.4) is 0 Å². The van der Waals surface area contributed by atoms with E-state index in [2.05, 4.69) is 72.7 Å². The maximum absolute atomic E-state index is 6.23. The van der Waals surface area contributed by atoms with Crippen molar-refractivity contribution in [3.63, 3.8) is 0 Å². The second-order valence-corrected chi connectivity index (χ2v) is 8.31. The largest absolute Gasteiger partial charge is 0.491 e. The fourth-order valence-electron chi connectivity index (χ4n) is 4.56. The zero-order valence-electron chi connectivity index (χ0n) is 18.0. The molecule has 0 aliphatic carbocycles. The van der Waals surface area contributed by atoms with Gasteiger partial charge in [-0.1, -0.05) is 43.2 Å². The molecule has 1 atom stereocenters. The van der Waals surface area contributed by atoms with Crippen LogP contribution in [0.25, 0.3) is 11.0 Å². The quantitative estimate of drug-likeness (QED) is 0.542. The van der Waals surface area contributed by atoms with E-state index in [0.717, 1.165) is 17.8 Å². The molecule has 1 saturated heterocycles. The summed E-state index contributed by atoms with van der Waals surface area (Å²) in [7, 11) is 0. The average molecular weight is 392 g/mol. The van der Waals surface area contributed by atoms with Gasteiger partial charge in [0.05, 0.1) is 23.6 Å². The molecule has 4 rings (SSSR count). The zero-order valence-corrected chi connectivity index (χ0v) is 18.0. The summed E-state index contributed by atoms with van der Waals surface area (Å²) in [6, 6.07) is 15.1. The molecule has 1 aromatic heterocycles. The summed E-state index contributed by atoms with van der Waals surface area (Å²) in [6.07, 6.45) is 5.28. The van der Waals surface area contributed by atoms with Gasteiger partial charge in [-0.3, -0.25) is 4.90 Å². The van der Waals surface area contributed by atoms with Crippen LogP contribution in [-0.2, 0) is 6.54 Å². The van der Waals surface area contributed by atoms with Crippen molar-refractivity contribution < 1.29 is 4.74 Å². The Labute approximate surface area is 174 Å². The van der Waals surface area contributed by atoms with Gasteiger partial charge in [0.15, 0.2) is 0 Å². The minimum atomic E-state index is 0.320. The molecule has 154 valence electrons. The first-order valence-electron chi connectivity index (χ1n) is 11.0. The molecule has 0 N–H and O–H groups in total. The van der Waals surface area contributed by atoms with Gasteiger partial charge >= 0.3 is 0 Å². The number of ether oxygens (including phenoxy) is 1. The van der Waals surface area contributed by atoms with E-state index >= 15 is 0 Å². The maximum atomic E-state index is 6.23. The average Bonchev–Trinajstić information content (AvgIpc) is 2.89. The van der Waals surface area contributed by atoms with E-state index in [4.69, 9.17) is 9.72 Å². The van der Waals surface area contributed by atoms with E-state index < -0.39 is 0 Å². The number of fused-ring (bicyclic) bond motifs is 1. The predicted octanol–water partition coefficient (Wildman–Crippen LogP) is 5.67. The highest BCUT2D eigenvalue weighted by atomic mass is 16.5. The van der Waals surface area contributed by atoms with Gasteiger partial charge in [0, 0.05) is 0 Å². The van der Waals surface area contributed by atoms with E-state index in [1.54, 1.807) is 0 Å². The van der Waals surface area contributed by atoms with Crippen molar-refractivity contribution in [2.45, 2.75) is 59.0 Å². The molecule has 0 spiro atoms. The lowest BCUT2D eigenvalue weighted by Crippen LogP contribution is -2.30. The third-order valence-corrected chi connectivity index (χ3v) is 6.22. The fraction of sp³-hybridized carbons (Fsp3) is 0.480. The molecule has 1 aliphatic heterocycles. The summed E-state index contributed by atoms with van der Waals surface area (Å²) in [6.45, 7) is 10.3. The van der Waals surface area contributed by atoms with Gasteiger partial charge in [-0.25, -0.2) is 4.98 Å². The van der Waals surface area contributed by atoms with Crippen LogP contribution in [0.15, 0.2) is 42.5 Å². The van der Waals surface area contributed by atoms with Gasteiger partial charge in [0.2, 0.25) is 0 Å². The number of nitrogens with zero attached hydrogens (tertiary/aromatic N) is 3. The molecule has 3 aromatic rings. The summed E-state index contributed by atoms with van der Waals surface area (Å²) in [4.78, 5) is 7.65. The highest BCUT2D eigenvalue weighted by Crippen LogP contribution is 2.27. The van der Waals surface area contributed by atoms with Crippen molar-refractivity contribution in [2.24, 2.45) is 0 Å². The Kier molecular flexibility index (Phi) is 6.19. The number of aromatic nitrogens is 2. The lowest BCUT2D eigenvalue weighted by molar-refractivity contribution is 0.204. The lowest BCUT2D eigenvalue weighted by atomic mass is 10.1. The van der Waals surface area contributed by atoms with Crippen LogP contribution in [0, 0.1) is 13.8 Å². The Bertz CT molecular complexity index is 934. The molecule has 0 saturated carbocycles. The van der Waals surface area contributed by atoms with Crippen molar-refractivity contribution >= 4 is 11.0 Å². The number of imidazole rings is 1. The molecule has 29 heavy (non-hydrogen) atoms. The second-order valence-electron chi connectivity index (χ2n) is 8.31. The third-order valence-electron chi connectivity index (χ3n) is 6.22. The van der Waals surface area contributed by atoms with Crippen LogP contribution >= 0.6 is 0 Å². The molecule has 1 aliphatic rings. The summed E-state index contributed by atoms with van der Waals surface area (Å²) >= 11 is 0. The number of aryl methyl sites for hydroxylation is 2. The molecule has 1 fully saturated rings. The van der Waals surface area contributed by atoms with Gasteiger partial charge in [-0.2, -0.15) is 0 Å². The van der Waals surface area contributed by atoms with E-state index in [0.29, 0.717) is 12.6 Å². The minimum absolute atomic E-state index is 0.320. The number of hydrogen-bond donors (Lipinski definition) is 0. The van der Waals surface area contributed by atoms with E-state index in [-0.39, 0.29) is 0 Å². The number of hydrogen-bond acceptors (Lipinski definition) is 3. The standard InChI is InChI=1S/C25H33N3O/c1-19-11-10-12-20(2)24(19)29-18-17-28-23-14-7-6-13-22(23)26-25(28)21(3)27-15-8-4-5-9-16-27/h6-7,10-14,21H,4-5,8-9,15-18H2,1-3H3. The molecule has 4 heteroatoms. The minimum Gasteiger partial charge on any atom is -0.491 e. The number of benzene rings is 2. The molecule has 0 bridgehead atoms. The monoisotopic (exact) mass is 391 g/mol. The van der Waals surface area contributed by atoms with Crippen LogP contribution in [0.1, 0.15) is 55.6 Å². The Morgan fingerprint density at radius 3 is 2.34 bits per heavy atom. The van der Waals surface area contributed by atoms with Gasteiger partial charge in [-0.15, -0.1) is 0 Å². The van der Waals surface area contributed by atoms with Crippen LogP contribution in [0.5, 0.6) is 5.75 Å². The summed E-state index contributed by atoms with van der Waals surface area (Å²) in [5, 5.41) is 0. The molecule has 0 amide bonds. The van der Waals surface area contributed by atoms with Crippen molar-refractivity contribution in [2.75, 3.05) is 19.7 Å². The van der Waals surface area contributed by atoms with Crippen molar-refractivity contribution in [3.8, 4) is 5.75 Å². The molecule has 2 aromatic carbocycles. The summed E-state index contributed by atoms with van der Waals surface area (Å²) < 4.78 is 8.60. The first-order chi connectivity index (χ1) is 14.1. The SMILES string of the molecule is Cc1cccc(C)c1OCCn1c(C(C)N2CCCCCC2)nc2ccccc21. The van der Waals surface area contributed by atoms with Gasteiger partial charge in [0.1, 0.15) is 18.2 Å². The number of rotatable bonds is 6. The van der Waals surface area contributed by atoms with E-state index in [9.17, 15) is 0 Å². The molecule has 1 unspecified atom stereocenters. The Morgan fingerprint density at radius 2 is 1.62 bits per heavy atom. The third kappa shape index (κ3) is 4.32. The summed E-state index contributed by atoms with van der Waals surface area (Å²) in [5.74, 6) is 2.18. The van der Waals surface area contributed by atoms with Crippen LogP contribution in [-0.4, -0.2) is 34.1 Å². The van der Waals surface area contributed by atoms with Crippen LogP contribution in [0.4, 0.5) is 0 Å². The first kappa shape index (κ1) is 20.0. The number of para-hydroxylation sites is 3. The lowest BCUT2D eigenvalue weighted by Gasteiger charge is -2.27. The molecular formula is C25H33N3O. The van der Waals surface area contributed by atoms with Crippen molar-refractivity contribution in [3.05, 3.63) is 59.4 Å². The molecule has 4 nitrogen and oxygen atoms in total. The highest BCUT2D eigenvalue weighted by molar-refractivity contribution is 5.76. The molecule has 2 heterocycles. The molecule has 0 radical (unpaired) electrons. The Hall–Kier alpha value is -2.33. The van der Waals surface area contributed by atoms with E-state index in [1.165, 1.54) is 61.2 Å². The van der Waals surface area contributed by atoms with Gasteiger partial charge in [0.25, 0.3) is 0 Å². The Balaban J connectivity index is 1.58. The normalized spacial score (nSPS) is 16.7. The number of likely N-dealkylation sites (tertiary alicyclic amines) is 1.